The van der Waals surface area contributed by atoms with Crippen LogP contribution in [0.5, 0.6) is 0 Å². The van der Waals surface area contributed by atoms with Gasteiger partial charge in [0.05, 0.1) is 17.9 Å². The van der Waals surface area contributed by atoms with Crippen LogP contribution in [0.25, 0.3) is 0 Å². The molecule has 0 saturated heterocycles. The average Bonchev–Trinajstić information content (AvgIpc) is 2.12. The Morgan fingerprint density at radius 3 is 3.25 bits per heavy atom. The van der Waals surface area contributed by atoms with Gasteiger partial charge in [0.15, 0.2) is 0 Å². The predicted octanol–water partition coefficient (Wildman–Crippen LogP) is 0.831. The molecule has 8 heavy (non-hydrogen) atoms. The molecule has 1 aromatic rings. The Morgan fingerprint density at radius 1 is 1.50 bits per heavy atom. The lowest BCUT2D eigenvalue weighted by atomic mass is 10.4. The number of pyridine rings is 1. The van der Waals surface area contributed by atoms with Gasteiger partial charge in [-0.2, -0.15) is 0 Å². The first-order chi connectivity index (χ1) is 3.95. The van der Waals surface area contributed by atoms with Crippen molar-refractivity contribution in [2.45, 2.75) is 6.54 Å². The van der Waals surface area contributed by atoms with Crippen LogP contribution < -0.4 is 5.32 Å². The molecule has 2 nitrogen and oxygen atoms in total. The van der Waals surface area contributed by atoms with E-state index >= 15 is 0 Å². The molecular weight excluding hydrogens is 100 g/mol. The second-order valence-electron chi connectivity index (χ2n) is 1.82. The number of hydrogen-bond acceptors (Lipinski definition) is 1. The lowest BCUT2D eigenvalue weighted by Crippen LogP contribution is -1.86. The van der Waals surface area contributed by atoms with Gasteiger partial charge in [0.25, 0.3) is 0 Å². The van der Waals surface area contributed by atoms with Crippen LogP contribution in [0.1, 0.15) is 5.69 Å². The molecule has 2 heterocycles. The maximum Gasteiger partial charge on any atom is 0.0819 e. The first-order valence-corrected chi connectivity index (χ1v) is 2.57. The van der Waals surface area contributed by atoms with Crippen LogP contribution in [0.4, 0.5) is 5.69 Å². The molecular formula is C6H5N2. The molecule has 0 spiro atoms. The Labute approximate surface area is 47.6 Å². The maximum atomic E-state index is 4.14. The average molecular weight is 105 g/mol. The van der Waals surface area contributed by atoms with Gasteiger partial charge in [0.1, 0.15) is 0 Å². The molecule has 1 radical (unpaired) electrons. The minimum Gasteiger partial charge on any atom is -0.279 e. The Balaban J connectivity index is 2.66. The number of hydrogen-bond donors (Lipinski definition) is 0. The molecule has 0 atom stereocenters. The summed E-state index contributed by atoms with van der Waals surface area (Å²) in [6, 6.07) is 3.91. The molecule has 2 heteroatoms. The highest BCUT2D eigenvalue weighted by molar-refractivity contribution is 5.39. The van der Waals surface area contributed by atoms with E-state index in [2.05, 4.69) is 10.3 Å². The lowest BCUT2D eigenvalue weighted by Gasteiger charge is -1.81. The van der Waals surface area contributed by atoms with Crippen LogP contribution in [0.2, 0.25) is 0 Å². The number of aromatic nitrogens is 1. The fourth-order valence-electron chi connectivity index (χ4n) is 0.823. The van der Waals surface area contributed by atoms with Crippen molar-refractivity contribution in [3.05, 3.63) is 24.0 Å². The molecule has 1 aliphatic heterocycles. The van der Waals surface area contributed by atoms with Crippen LogP contribution >= 0.6 is 0 Å². The van der Waals surface area contributed by atoms with Crippen LogP contribution in [0, 0.1) is 0 Å². The van der Waals surface area contributed by atoms with Crippen molar-refractivity contribution in [1.82, 2.24) is 10.3 Å². The van der Waals surface area contributed by atoms with Gasteiger partial charge in [-0.25, -0.2) is 0 Å². The zero-order valence-electron chi connectivity index (χ0n) is 4.33. The fraction of sp³-hybridized carbons (Fsp3) is 0.167. The Bertz CT molecular complexity index is 188. The Morgan fingerprint density at radius 2 is 2.50 bits per heavy atom. The van der Waals surface area contributed by atoms with Gasteiger partial charge in [0, 0.05) is 6.20 Å². The number of rotatable bonds is 0. The predicted molar refractivity (Wildman–Crippen MR) is 29.7 cm³/mol. The van der Waals surface area contributed by atoms with E-state index in [1.165, 1.54) is 0 Å². The van der Waals surface area contributed by atoms with Crippen molar-refractivity contribution in [1.29, 1.82) is 0 Å². The summed E-state index contributed by atoms with van der Waals surface area (Å²) in [6.07, 6.45) is 1.79. The van der Waals surface area contributed by atoms with Gasteiger partial charge >= 0.3 is 0 Å². The lowest BCUT2D eigenvalue weighted by molar-refractivity contribution is 0.889. The van der Waals surface area contributed by atoms with Gasteiger partial charge < -0.3 is 0 Å². The van der Waals surface area contributed by atoms with Crippen LogP contribution in [0.3, 0.4) is 0 Å². The molecule has 39 valence electrons. The van der Waals surface area contributed by atoms with Gasteiger partial charge in [-0.3, -0.25) is 10.3 Å². The van der Waals surface area contributed by atoms with Crippen molar-refractivity contribution in [2.24, 2.45) is 0 Å². The third-order valence-electron chi connectivity index (χ3n) is 1.22. The molecule has 0 fully saturated rings. The largest absolute Gasteiger partial charge is 0.279 e. The SMILES string of the molecule is c1cc2cc(n1)C[N]2. The molecule has 0 saturated carbocycles. The van der Waals surface area contributed by atoms with E-state index < -0.39 is 0 Å². The van der Waals surface area contributed by atoms with Crippen molar-refractivity contribution in [3.8, 4) is 0 Å². The van der Waals surface area contributed by atoms with Crippen molar-refractivity contribution in [3.63, 3.8) is 0 Å². The van der Waals surface area contributed by atoms with Gasteiger partial charge in [0.2, 0.25) is 0 Å². The summed E-state index contributed by atoms with van der Waals surface area (Å²) in [7, 11) is 0. The first kappa shape index (κ1) is 3.89. The highest BCUT2D eigenvalue weighted by atomic mass is 14.9. The quantitative estimate of drug-likeness (QED) is 0.480. The normalized spacial score (nSPS) is 13.5. The van der Waals surface area contributed by atoms with Gasteiger partial charge in [-0.15, -0.1) is 0 Å². The van der Waals surface area contributed by atoms with E-state index in [0.717, 1.165) is 17.9 Å². The summed E-state index contributed by atoms with van der Waals surface area (Å²) in [6.45, 7) is 0.780. The number of nitrogens with zero attached hydrogens (tertiary/aromatic N) is 2. The van der Waals surface area contributed by atoms with Crippen molar-refractivity contribution in [2.75, 3.05) is 0 Å². The van der Waals surface area contributed by atoms with Gasteiger partial charge in [-0.1, -0.05) is 0 Å². The monoisotopic (exact) mass is 105 g/mol. The smallest absolute Gasteiger partial charge is 0.0819 e. The second-order valence-corrected chi connectivity index (χ2v) is 1.82. The fourth-order valence-corrected chi connectivity index (χ4v) is 0.823. The molecule has 2 rings (SSSR count). The molecule has 0 aliphatic carbocycles. The third kappa shape index (κ3) is 0.397. The third-order valence-corrected chi connectivity index (χ3v) is 1.22. The van der Waals surface area contributed by atoms with Crippen LogP contribution in [-0.2, 0) is 6.54 Å². The highest BCUT2D eigenvalue weighted by Crippen LogP contribution is 2.15. The minimum absolute atomic E-state index is 0.780. The molecule has 0 amide bonds. The van der Waals surface area contributed by atoms with Crippen LogP contribution in [0.15, 0.2) is 18.3 Å². The highest BCUT2D eigenvalue weighted by Gasteiger charge is 2.04. The van der Waals surface area contributed by atoms with E-state index in [1.807, 2.05) is 12.1 Å². The molecule has 0 aromatic carbocycles. The molecule has 2 bridgehead atoms. The molecule has 1 aliphatic rings. The maximum absolute atomic E-state index is 4.14. The second kappa shape index (κ2) is 1.22. The number of fused-ring (bicyclic) bond motifs is 2. The standard InChI is InChI=1S/C6H5N2/c1-2-7-6-3-5(1)8-4-6/h1-3H,4H2. The van der Waals surface area contributed by atoms with E-state index in [4.69, 9.17) is 0 Å². The van der Waals surface area contributed by atoms with E-state index in [1.54, 1.807) is 6.20 Å². The van der Waals surface area contributed by atoms with E-state index in [-0.39, 0.29) is 0 Å². The van der Waals surface area contributed by atoms with E-state index in [9.17, 15) is 0 Å². The molecule has 1 aromatic heterocycles. The Hall–Kier alpha value is -1.05. The zero-order chi connectivity index (χ0) is 5.40. The summed E-state index contributed by atoms with van der Waals surface area (Å²) in [5.41, 5.74) is 2.15. The summed E-state index contributed by atoms with van der Waals surface area (Å²) in [5, 5.41) is 4.14. The van der Waals surface area contributed by atoms with E-state index in [0.29, 0.717) is 0 Å². The minimum atomic E-state index is 0.780. The molecule has 0 N–H and O–H groups in total. The summed E-state index contributed by atoms with van der Waals surface area (Å²) in [4.78, 5) is 4.06. The van der Waals surface area contributed by atoms with Crippen LogP contribution in [-0.4, -0.2) is 4.98 Å². The Kier molecular flexibility index (Phi) is 0.592. The van der Waals surface area contributed by atoms with Crippen molar-refractivity contribution < 1.29 is 0 Å². The summed E-state index contributed by atoms with van der Waals surface area (Å²) in [5.74, 6) is 0. The summed E-state index contributed by atoms with van der Waals surface area (Å²) >= 11 is 0. The van der Waals surface area contributed by atoms with Gasteiger partial charge in [-0.05, 0) is 12.1 Å². The first-order valence-electron chi connectivity index (χ1n) is 2.57. The topological polar surface area (TPSA) is 27.0 Å². The zero-order valence-corrected chi connectivity index (χ0v) is 4.33. The summed E-state index contributed by atoms with van der Waals surface area (Å²) < 4.78 is 0. The molecule has 0 unspecified atom stereocenters. The van der Waals surface area contributed by atoms with Crippen molar-refractivity contribution >= 4 is 5.69 Å².